The number of pyridine rings is 1. The average molecular weight is 219 g/mol. The van der Waals surface area contributed by atoms with Crippen LogP contribution in [0.3, 0.4) is 0 Å². The molecule has 4 heteroatoms. The predicted octanol–water partition coefficient (Wildman–Crippen LogP) is 1.47. The lowest BCUT2D eigenvalue weighted by Crippen LogP contribution is -2.20. The molecule has 0 atom stereocenters. The van der Waals surface area contributed by atoms with Crippen LogP contribution in [0.15, 0.2) is 24.4 Å². The minimum absolute atomic E-state index is 0.508. The van der Waals surface area contributed by atoms with Gasteiger partial charge < -0.3 is 15.4 Å². The second-order valence-corrected chi connectivity index (χ2v) is 3.73. The van der Waals surface area contributed by atoms with E-state index in [1.807, 2.05) is 12.3 Å². The fourth-order valence-corrected chi connectivity index (χ4v) is 1.70. The van der Waals surface area contributed by atoms with Crippen LogP contribution in [-0.2, 0) is 4.74 Å². The van der Waals surface area contributed by atoms with Crippen molar-refractivity contribution in [1.82, 2.24) is 10.3 Å². The van der Waals surface area contributed by atoms with Crippen molar-refractivity contribution in [2.24, 2.45) is 0 Å². The molecule has 2 rings (SSSR count). The third kappa shape index (κ3) is 2.81. The smallest absolute Gasteiger partial charge is 0.116 e. The van der Waals surface area contributed by atoms with Gasteiger partial charge >= 0.3 is 0 Å². The minimum atomic E-state index is 0.508. The number of ether oxygens (including phenoxy) is 1. The minimum Gasteiger partial charge on any atom is -0.365 e. The average Bonchev–Trinajstić information content (AvgIpc) is 2.38. The van der Waals surface area contributed by atoms with Crippen molar-refractivity contribution >= 4 is 11.3 Å². The van der Waals surface area contributed by atoms with Gasteiger partial charge in [-0.1, -0.05) is 6.08 Å². The molecule has 1 aromatic rings. The summed E-state index contributed by atoms with van der Waals surface area (Å²) in [5.74, 6) is 0. The van der Waals surface area contributed by atoms with Gasteiger partial charge in [0.05, 0.1) is 17.6 Å². The molecule has 0 saturated heterocycles. The van der Waals surface area contributed by atoms with Crippen LogP contribution in [-0.4, -0.2) is 31.9 Å². The van der Waals surface area contributed by atoms with Gasteiger partial charge in [-0.25, -0.2) is 0 Å². The maximum Gasteiger partial charge on any atom is 0.116 e. The maximum absolute atomic E-state index is 4.93. The maximum atomic E-state index is 4.93. The summed E-state index contributed by atoms with van der Waals surface area (Å²) in [6, 6.07) is 4.08. The normalized spacial score (nSPS) is 15.7. The van der Waals surface area contributed by atoms with Gasteiger partial charge in [-0.2, -0.15) is 0 Å². The summed E-state index contributed by atoms with van der Waals surface area (Å²) in [6.45, 7) is 2.49. The van der Waals surface area contributed by atoms with E-state index < -0.39 is 0 Å². The van der Waals surface area contributed by atoms with Crippen LogP contribution in [0.4, 0.5) is 5.69 Å². The number of hydrogen-bond donors (Lipinski definition) is 2. The molecule has 1 aliphatic heterocycles. The molecule has 86 valence electrons. The number of nitrogens with zero attached hydrogens (tertiary/aromatic N) is 1. The van der Waals surface area contributed by atoms with E-state index in [1.54, 1.807) is 7.11 Å². The Kier molecular flexibility index (Phi) is 3.91. The van der Waals surface area contributed by atoms with Gasteiger partial charge in [0.2, 0.25) is 0 Å². The van der Waals surface area contributed by atoms with Gasteiger partial charge in [-0.3, -0.25) is 4.98 Å². The van der Waals surface area contributed by atoms with E-state index in [0.717, 1.165) is 30.9 Å². The monoisotopic (exact) mass is 219 g/mol. The van der Waals surface area contributed by atoms with E-state index in [2.05, 4.69) is 27.8 Å². The summed E-state index contributed by atoms with van der Waals surface area (Å²) < 4.78 is 4.93. The summed E-state index contributed by atoms with van der Waals surface area (Å²) in [7, 11) is 1.66. The van der Waals surface area contributed by atoms with Crippen LogP contribution < -0.4 is 10.6 Å². The molecule has 0 spiro atoms. The van der Waals surface area contributed by atoms with Gasteiger partial charge in [0.1, 0.15) is 6.73 Å². The summed E-state index contributed by atoms with van der Waals surface area (Å²) >= 11 is 0. The Labute approximate surface area is 95.7 Å². The molecule has 1 aliphatic rings. The SMILES string of the molecule is COCNc1ccc(C2=CCNCC2)nc1. The Bertz CT molecular complexity index is 359. The Morgan fingerprint density at radius 3 is 3.06 bits per heavy atom. The molecule has 4 nitrogen and oxygen atoms in total. The number of nitrogens with one attached hydrogen (secondary N) is 2. The molecular formula is C12H17N3O. The van der Waals surface area contributed by atoms with Crippen molar-refractivity contribution in [2.75, 3.05) is 32.2 Å². The molecule has 2 heterocycles. The highest BCUT2D eigenvalue weighted by Gasteiger charge is 2.06. The van der Waals surface area contributed by atoms with E-state index in [0.29, 0.717) is 6.73 Å². The number of hydrogen-bond acceptors (Lipinski definition) is 4. The molecule has 0 amide bonds. The Balaban J connectivity index is 2.03. The first-order valence-corrected chi connectivity index (χ1v) is 5.49. The highest BCUT2D eigenvalue weighted by atomic mass is 16.5. The largest absolute Gasteiger partial charge is 0.365 e. The third-order valence-corrected chi connectivity index (χ3v) is 2.58. The molecule has 1 aromatic heterocycles. The Hall–Kier alpha value is -1.39. The van der Waals surface area contributed by atoms with Crippen LogP contribution in [0.1, 0.15) is 12.1 Å². The predicted molar refractivity (Wildman–Crippen MR) is 65.2 cm³/mol. The summed E-state index contributed by atoms with van der Waals surface area (Å²) in [4.78, 5) is 4.44. The van der Waals surface area contributed by atoms with Gasteiger partial charge in [-0.05, 0) is 30.7 Å². The van der Waals surface area contributed by atoms with Crippen molar-refractivity contribution in [2.45, 2.75) is 6.42 Å². The second-order valence-electron chi connectivity index (χ2n) is 3.73. The van der Waals surface area contributed by atoms with Crippen molar-refractivity contribution < 1.29 is 4.74 Å². The van der Waals surface area contributed by atoms with Crippen LogP contribution in [0.5, 0.6) is 0 Å². The molecule has 0 saturated carbocycles. The molecule has 0 fully saturated rings. The van der Waals surface area contributed by atoms with Crippen molar-refractivity contribution in [3.05, 3.63) is 30.1 Å². The number of anilines is 1. The zero-order valence-electron chi connectivity index (χ0n) is 9.49. The first-order valence-electron chi connectivity index (χ1n) is 5.49. The number of rotatable bonds is 4. The number of aromatic nitrogens is 1. The zero-order valence-corrected chi connectivity index (χ0v) is 9.49. The van der Waals surface area contributed by atoms with Gasteiger partial charge in [-0.15, -0.1) is 0 Å². The first kappa shape index (κ1) is 11.1. The van der Waals surface area contributed by atoms with E-state index >= 15 is 0 Å². The fourth-order valence-electron chi connectivity index (χ4n) is 1.70. The summed E-state index contributed by atoms with van der Waals surface area (Å²) in [6.07, 6.45) is 5.10. The lowest BCUT2D eigenvalue weighted by atomic mass is 10.1. The topological polar surface area (TPSA) is 46.2 Å². The van der Waals surface area contributed by atoms with Crippen LogP contribution in [0.2, 0.25) is 0 Å². The van der Waals surface area contributed by atoms with Gasteiger partial charge in [0.15, 0.2) is 0 Å². The van der Waals surface area contributed by atoms with Crippen LogP contribution in [0, 0.1) is 0 Å². The van der Waals surface area contributed by atoms with E-state index in [1.165, 1.54) is 5.57 Å². The van der Waals surface area contributed by atoms with Crippen LogP contribution >= 0.6 is 0 Å². The third-order valence-electron chi connectivity index (χ3n) is 2.58. The first-order chi connectivity index (χ1) is 7.90. The Morgan fingerprint density at radius 1 is 1.50 bits per heavy atom. The highest BCUT2D eigenvalue weighted by molar-refractivity contribution is 5.64. The number of methoxy groups -OCH3 is 1. The molecule has 0 bridgehead atoms. The summed E-state index contributed by atoms with van der Waals surface area (Å²) in [5.41, 5.74) is 3.39. The molecule has 0 unspecified atom stereocenters. The molecule has 16 heavy (non-hydrogen) atoms. The zero-order chi connectivity index (χ0) is 11.2. The fraction of sp³-hybridized carbons (Fsp3) is 0.417. The molecule has 2 N–H and O–H groups in total. The lowest BCUT2D eigenvalue weighted by Gasteiger charge is -2.13. The van der Waals surface area contributed by atoms with Crippen molar-refractivity contribution in [3.63, 3.8) is 0 Å². The van der Waals surface area contributed by atoms with Crippen molar-refractivity contribution in [1.29, 1.82) is 0 Å². The van der Waals surface area contributed by atoms with E-state index in [-0.39, 0.29) is 0 Å². The van der Waals surface area contributed by atoms with Crippen molar-refractivity contribution in [3.8, 4) is 0 Å². The highest BCUT2D eigenvalue weighted by Crippen LogP contribution is 2.18. The molecule has 0 aliphatic carbocycles. The lowest BCUT2D eigenvalue weighted by molar-refractivity contribution is 0.221. The van der Waals surface area contributed by atoms with E-state index in [9.17, 15) is 0 Å². The molecular weight excluding hydrogens is 202 g/mol. The van der Waals surface area contributed by atoms with Gasteiger partial charge in [0.25, 0.3) is 0 Å². The second kappa shape index (κ2) is 5.63. The Morgan fingerprint density at radius 2 is 2.44 bits per heavy atom. The standard InChI is InChI=1S/C12H17N3O/c1-16-9-15-11-2-3-12(14-8-11)10-4-6-13-7-5-10/h2-4,8,13,15H,5-7,9H2,1H3. The van der Waals surface area contributed by atoms with Crippen LogP contribution in [0.25, 0.3) is 5.57 Å². The van der Waals surface area contributed by atoms with Gasteiger partial charge in [0, 0.05) is 13.7 Å². The summed E-state index contributed by atoms with van der Waals surface area (Å²) in [5, 5.41) is 6.40. The molecule has 0 radical (unpaired) electrons. The molecule has 0 aromatic carbocycles. The quantitative estimate of drug-likeness (QED) is 0.753. The van der Waals surface area contributed by atoms with E-state index in [4.69, 9.17) is 4.74 Å².